The van der Waals surface area contributed by atoms with Gasteiger partial charge in [-0.1, -0.05) is 24.3 Å². The van der Waals surface area contributed by atoms with Crippen molar-refractivity contribution < 1.29 is 19.4 Å². The van der Waals surface area contributed by atoms with Crippen LogP contribution < -0.4 is 0 Å². The molecule has 2 fully saturated rings. The second-order valence-corrected chi connectivity index (χ2v) is 6.89. The van der Waals surface area contributed by atoms with Gasteiger partial charge in [0.1, 0.15) is 11.9 Å². The zero-order valence-electron chi connectivity index (χ0n) is 14.6. The number of carbonyl (C=O) groups excluding carboxylic acids is 1. The molecule has 2 atom stereocenters. The zero-order valence-corrected chi connectivity index (χ0v) is 14.6. The van der Waals surface area contributed by atoms with Gasteiger partial charge < -0.3 is 19.5 Å². The predicted molar refractivity (Wildman–Crippen MR) is 97.3 cm³/mol. The van der Waals surface area contributed by atoms with E-state index in [1.807, 2.05) is 29.2 Å². The first-order valence-corrected chi connectivity index (χ1v) is 9.08. The van der Waals surface area contributed by atoms with Gasteiger partial charge in [0.2, 0.25) is 0 Å². The molecule has 5 heteroatoms. The fourth-order valence-electron chi connectivity index (χ4n) is 3.67. The van der Waals surface area contributed by atoms with Crippen molar-refractivity contribution in [2.24, 2.45) is 0 Å². The molecule has 2 unspecified atom stereocenters. The minimum Gasteiger partial charge on any atom is -0.508 e. The molecule has 1 N–H and O–H groups in total. The molecule has 0 spiro atoms. The van der Waals surface area contributed by atoms with Gasteiger partial charge in [-0.2, -0.15) is 0 Å². The van der Waals surface area contributed by atoms with Crippen LogP contribution in [0.2, 0.25) is 0 Å². The van der Waals surface area contributed by atoms with Crippen LogP contribution in [0.25, 0.3) is 0 Å². The quantitative estimate of drug-likeness (QED) is 0.921. The van der Waals surface area contributed by atoms with Crippen LogP contribution >= 0.6 is 0 Å². The molecule has 2 aromatic rings. The van der Waals surface area contributed by atoms with E-state index in [1.165, 1.54) is 5.56 Å². The highest BCUT2D eigenvalue weighted by Gasteiger charge is 2.27. The number of aromatic hydroxyl groups is 1. The molecule has 2 heterocycles. The van der Waals surface area contributed by atoms with Crippen molar-refractivity contribution in [3.8, 4) is 5.75 Å². The van der Waals surface area contributed by atoms with E-state index in [2.05, 4.69) is 6.07 Å². The molecule has 2 saturated heterocycles. The van der Waals surface area contributed by atoms with Crippen molar-refractivity contribution in [3.05, 3.63) is 65.2 Å². The number of benzene rings is 2. The molecular formula is C21H23NO4. The molecule has 5 nitrogen and oxygen atoms in total. The summed E-state index contributed by atoms with van der Waals surface area (Å²) in [5.74, 6) is 0.618. The first-order valence-electron chi connectivity index (χ1n) is 9.08. The molecule has 0 aliphatic carbocycles. The first-order chi connectivity index (χ1) is 12.7. The van der Waals surface area contributed by atoms with Crippen LogP contribution in [0.3, 0.4) is 0 Å². The molecule has 26 heavy (non-hydrogen) atoms. The maximum atomic E-state index is 13.0. The number of phenols is 1. The van der Waals surface area contributed by atoms with Crippen LogP contribution in [-0.4, -0.2) is 48.8 Å². The van der Waals surface area contributed by atoms with Crippen LogP contribution in [0.15, 0.2) is 48.5 Å². The van der Waals surface area contributed by atoms with Gasteiger partial charge in [0, 0.05) is 24.6 Å². The summed E-state index contributed by atoms with van der Waals surface area (Å²) < 4.78 is 11.3. The summed E-state index contributed by atoms with van der Waals surface area (Å²) in [5.41, 5.74) is 2.77. The molecule has 0 saturated carbocycles. The Morgan fingerprint density at radius 2 is 1.92 bits per heavy atom. The van der Waals surface area contributed by atoms with Gasteiger partial charge in [0.15, 0.2) is 0 Å². The third-order valence-electron chi connectivity index (χ3n) is 5.13. The highest BCUT2D eigenvalue weighted by molar-refractivity contribution is 5.94. The normalized spacial score (nSPS) is 23.2. The lowest BCUT2D eigenvalue weighted by atomic mass is 9.96. The van der Waals surface area contributed by atoms with Crippen molar-refractivity contribution in [2.75, 3.05) is 32.9 Å². The Labute approximate surface area is 153 Å². The van der Waals surface area contributed by atoms with E-state index in [4.69, 9.17) is 9.47 Å². The van der Waals surface area contributed by atoms with Crippen molar-refractivity contribution in [1.82, 2.24) is 4.90 Å². The second-order valence-electron chi connectivity index (χ2n) is 6.89. The SMILES string of the molecule is O=C(c1cccc(C2CCOC2)c1)N1CCOC(c2cccc(O)c2)C1. The number of amides is 1. The van der Waals surface area contributed by atoms with Gasteiger partial charge in [-0.05, 0) is 41.8 Å². The number of rotatable bonds is 3. The number of morpholine rings is 1. The monoisotopic (exact) mass is 353 g/mol. The lowest BCUT2D eigenvalue weighted by Gasteiger charge is -2.33. The molecular weight excluding hydrogens is 330 g/mol. The Morgan fingerprint density at radius 3 is 2.73 bits per heavy atom. The van der Waals surface area contributed by atoms with E-state index >= 15 is 0 Å². The Bertz CT molecular complexity index is 785. The minimum absolute atomic E-state index is 0.0271. The third-order valence-corrected chi connectivity index (χ3v) is 5.13. The van der Waals surface area contributed by atoms with Crippen molar-refractivity contribution in [3.63, 3.8) is 0 Å². The second kappa shape index (κ2) is 7.48. The minimum atomic E-state index is -0.216. The Hall–Kier alpha value is -2.37. The van der Waals surface area contributed by atoms with Gasteiger partial charge in [-0.15, -0.1) is 0 Å². The first kappa shape index (κ1) is 17.1. The fraction of sp³-hybridized carbons (Fsp3) is 0.381. The number of nitrogens with zero attached hydrogens (tertiary/aromatic N) is 1. The van der Waals surface area contributed by atoms with E-state index < -0.39 is 0 Å². The summed E-state index contributed by atoms with van der Waals surface area (Å²) in [7, 11) is 0. The number of ether oxygens (including phenoxy) is 2. The summed E-state index contributed by atoms with van der Waals surface area (Å²) in [4.78, 5) is 14.8. The number of hydrogen-bond donors (Lipinski definition) is 1. The maximum Gasteiger partial charge on any atom is 0.254 e. The summed E-state index contributed by atoms with van der Waals surface area (Å²) >= 11 is 0. The van der Waals surface area contributed by atoms with Gasteiger partial charge in [0.05, 0.1) is 19.8 Å². The predicted octanol–water partition coefficient (Wildman–Crippen LogP) is 3.11. The Morgan fingerprint density at radius 1 is 1.08 bits per heavy atom. The van der Waals surface area contributed by atoms with Crippen molar-refractivity contribution in [1.29, 1.82) is 0 Å². The van der Waals surface area contributed by atoms with Crippen LogP contribution in [0.1, 0.15) is 39.9 Å². The number of hydrogen-bond acceptors (Lipinski definition) is 4. The van der Waals surface area contributed by atoms with Crippen molar-refractivity contribution in [2.45, 2.75) is 18.4 Å². The van der Waals surface area contributed by atoms with Gasteiger partial charge >= 0.3 is 0 Å². The third kappa shape index (κ3) is 3.59. The largest absolute Gasteiger partial charge is 0.508 e. The lowest BCUT2D eigenvalue weighted by molar-refractivity contribution is -0.0228. The average Bonchev–Trinajstić information content (AvgIpc) is 3.22. The van der Waals surface area contributed by atoms with Crippen molar-refractivity contribution >= 4 is 5.91 Å². The summed E-state index contributed by atoms with van der Waals surface area (Å²) in [6.07, 6.45) is 0.792. The van der Waals surface area contributed by atoms with E-state index in [1.54, 1.807) is 18.2 Å². The standard InChI is InChI=1S/C21H23NO4/c23-19-6-2-4-16(12-19)20-13-22(8-10-26-20)21(24)17-5-1-3-15(11-17)18-7-9-25-14-18/h1-6,11-12,18,20,23H,7-10,13-14H2. The lowest BCUT2D eigenvalue weighted by Crippen LogP contribution is -2.42. The molecule has 0 bridgehead atoms. The average molecular weight is 353 g/mol. The Kier molecular flexibility index (Phi) is 4.91. The van der Waals surface area contributed by atoms with Gasteiger partial charge in [-0.3, -0.25) is 4.79 Å². The van der Waals surface area contributed by atoms with Crippen LogP contribution in [0.5, 0.6) is 5.75 Å². The highest BCUT2D eigenvalue weighted by Crippen LogP contribution is 2.28. The van der Waals surface area contributed by atoms with Crippen LogP contribution in [0.4, 0.5) is 0 Å². The van der Waals surface area contributed by atoms with Gasteiger partial charge in [0.25, 0.3) is 5.91 Å². The molecule has 136 valence electrons. The fourth-order valence-corrected chi connectivity index (χ4v) is 3.67. The smallest absolute Gasteiger partial charge is 0.254 e. The summed E-state index contributed by atoms with van der Waals surface area (Å²) in [6.45, 7) is 3.07. The molecule has 0 aromatic heterocycles. The molecule has 2 aliphatic heterocycles. The van der Waals surface area contributed by atoms with E-state index in [9.17, 15) is 9.90 Å². The molecule has 2 aliphatic rings. The topological polar surface area (TPSA) is 59.0 Å². The van der Waals surface area contributed by atoms with Gasteiger partial charge in [-0.25, -0.2) is 0 Å². The van der Waals surface area contributed by atoms with Crippen LogP contribution in [0, 0.1) is 0 Å². The van der Waals surface area contributed by atoms with E-state index in [-0.39, 0.29) is 17.8 Å². The maximum absolute atomic E-state index is 13.0. The molecule has 1 amide bonds. The summed E-state index contributed by atoms with van der Waals surface area (Å²) in [5, 5.41) is 9.68. The Balaban J connectivity index is 1.50. The van der Waals surface area contributed by atoms with E-state index in [0.717, 1.165) is 25.2 Å². The zero-order chi connectivity index (χ0) is 17.9. The van der Waals surface area contributed by atoms with E-state index in [0.29, 0.717) is 31.2 Å². The number of carbonyl (C=O) groups is 1. The molecule has 0 radical (unpaired) electrons. The summed E-state index contributed by atoms with van der Waals surface area (Å²) in [6, 6.07) is 14.9. The molecule has 4 rings (SSSR count). The number of phenolic OH excluding ortho intramolecular Hbond substituents is 1. The highest BCUT2D eigenvalue weighted by atomic mass is 16.5. The van der Waals surface area contributed by atoms with Crippen LogP contribution in [-0.2, 0) is 9.47 Å². The molecule has 2 aromatic carbocycles.